The van der Waals surface area contributed by atoms with Crippen molar-refractivity contribution in [1.29, 1.82) is 0 Å². The summed E-state index contributed by atoms with van der Waals surface area (Å²) >= 11 is 1.61. The number of aromatic nitrogens is 1. The van der Waals surface area contributed by atoms with Gasteiger partial charge in [0, 0.05) is 17.5 Å². The average Bonchev–Trinajstić information content (AvgIpc) is 3.01. The highest BCUT2D eigenvalue weighted by molar-refractivity contribution is 7.04. The Bertz CT molecular complexity index is 437. The molecule has 0 aliphatic rings. The Kier molecular flexibility index (Phi) is 13.2. The van der Waals surface area contributed by atoms with E-state index in [1.807, 2.05) is 9.34 Å². The summed E-state index contributed by atoms with van der Waals surface area (Å²) in [5.74, 6) is 0. The van der Waals surface area contributed by atoms with Crippen LogP contribution in [-0.2, 0) is 0 Å². The minimum atomic E-state index is 0.207. The normalized spacial score (nSPS) is 12.6. The first kappa shape index (κ1) is 21.5. The maximum absolute atomic E-state index is 12.0. The van der Waals surface area contributed by atoms with Gasteiger partial charge in [-0.3, -0.25) is 8.75 Å². The molecule has 0 amide bonds. The molecule has 0 spiro atoms. The van der Waals surface area contributed by atoms with Crippen molar-refractivity contribution < 1.29 is 0 Å². The van der Waals surface area contributed by atoms with E-state index < -0.39 is 0 Å². The first-order valence-electron chi connectivity index (χ1n) is 10.5. The van der Waals surface area contributed by atoms with Crippen LogP contribution < -0.4 is 5.56 Å². The Morgan fingerprint density at radius 3 is 1.67 bits per heavy atom. The summed E-state index contributed by atoms with van der Waals surface area (Å²) in [7, 11) is 0. The minimum Gasteiger partial charge on any atom is -0.268 e. The fraction of sp³-hybridized carbons (Fsp3) is 0.857. The molecular formula is C21H39NOS. The number of nitrogens with zero attached hydrogens (tertiary/aromatic N) is 1. The van der Waals surface area contributed by atoms with Gasteiger partial charge in [0.25, 0.3) is 5.56 Å². The van der Waals surface area contributed by atoms with Gasteiger partial charge < -0.3 is 0 Å². The van der Waals surface area contributed by atoms with E-state index in [1.165, 1.54) is 96.3 Å². The Balaban J connectivity index is 2.26. The quantitative estimate of drug-likeness (QED) is 0.285. The second-order valence-electron chi connectivity index (χ2n) is 7.19. The zero-order chi connectivity index (χ0) is 17.5. The molecule has 1 heterocycles. The molecule has 0 saturated heterocycles. The smallest absolute Gasteiger partial charge is 0.260 e. The second-order valence-corrected chi connectivity index (χ2v) is 8.07. The predicted molar refractivity (Wildman–Crippen MR) is 108 cm³/mol. The molecular weight excluding hydrogens is 314 g/mol. The van der Waals surface area contributed by atoms with E-state index in [9.17, 15) is 4.79 Å². The Morgan fingerprint density at radius 1 is 0.792 bits per heavy atom. The molecule has 0 N–H and O–H groups in total. The number of unbranched alkanes of at least 4 members (excludes halogenated alkanes) is 11. The minimum absolute atomic E-state index is 0.207. The van der Waals surface area contributed by atoms with Gasteiger partial charge >= 0.3 is 0 Å². The highest BCUT2D eigenvalue weighted by Gasteiger charge is 2.13. The molecule has 3 heteroatoms. The molecule has 0 aliphatic heterocycles. The van der Waals surface area contributed by atoms with Crippen LogP contribution in [0.2, 0.25) is 0 Å². The summed E-state index contributed by atoms with van der Waals surface area (Å²) in [5, 5.41) is 1.95. The molecule has 0 aromatic carbocycles. The topological polar surface area (TPSA) is 22.0 Å². The van der Waals surface area contributed by atoms with E-state index in [2.05, 4.69) is 13.8 Å². The molecule has 1 atom stereocenters. The van der Waals surface area contributed by atoms with Gasteiger partial charge in [-0.05, 0) is 12.8 Å². The van der Waals surface area contributed by atoms with E-state index in [-0.39, 0.29) is 5.56 Å². The summed E-state index contributed by atoms with van der Waals surface area (Å²) in [5.41, 5.74) is 0.207. The summed E-state index contributed by atoms with van der Waals surface area (Å²) in [6, 6.07) is 2.17. The zero-order valence-corrected chi connectivity index (χ0v) is 16.9. The van der Waals surface area contributed by atoms with Gasteiger partial charge in [0.2, 0.25) is 0 Å². The molecule has 0 fully saturated rings. The van der Waals surface area contributed by atoms with Crippen molar-refractivity contribution in [3.8, 4) is 0 Å². The number of hydrogen-bond acceptors (Lipinski definition) is 2. The van der Waals surface area contributed by atoms with Crippen LogP contribution in [-0.4, -0.2) is 3.96 Å². The van der Waals surface area contributed by atoms with Gasteiger partial charge in [0.1, 0.15) is 0 Å². The first-order chi connectivity index (χ1) is 11.8. The molecule has 140 valence electrons. The molecule has 0 bridgehead atoms. The molecule has 1 rings (SSSR count). The van der Waals surface area contributed by atoms with Gasteiger partial charge in [0.15, 0.2) is 0 Å². The molecule has 0 radical (unpaired) electrons. The highest BCUT2D eigenvalue weighted by Crippen LogP contribution is 2.24. The third kappa shape index (κ3) is 9.66. The average molecular weight is 354 g/mol. The van der Waals surface area contributed by atoms with Gasteiger partial charge in [-0.25, -0.2) is 0 Å². The van der Waals surface area contributed by atoms with Crippen LogP contribution in [0.3, 0.4) is 0 Å². The van der Waals surface area contributed by atoms with Gasteiger partial charge in [0.05, 0.1) is 0 Å². The van der Waals surface area contributed by atoms with Crippen molar-refractivity contribution in [1.82, 2.24) is 3.96 Å². The third-order valence-electron chi connectivity index (χ3n) is 4.97. The molecule has 24 heavy (non-hydrogen) atoms. The Hall–Kier alpha value is -0.570. The van der Waals surface area contributed by atoms with Gasteiger partial charge in [-0.15, -0.1) is 0 Å². The van der Waals surface area contributed by atoms with Crippen molar-refractivity contribution in [2.24, 2.45) is 0 Å². The summed E-state index contributed by atoms with van der Waals surface area (Å²) < 4.78 is 2.03. The maximum Gasteiger partial charge on any atom is 0.260 e. The van der Waals surface area contributed by atoms with E-state index in [0.717, 1.165) is 0 Å². The summed E-state index contributed by atoms with van der Waals surface area (Å²) in [4.78, 5) is 12.0. The molecule has 2 nitrogen and oxygen atoms in total. The standard InChI is InChI=1S/C21H39NOS/c1-3-5-7-9-11-13-15-17-20(22-21(23)18-19-24-22)16-14-12-10-8-6-4-2/h18-20H,3-17H2,1-2H3. The molecule has 0 aliphatic carbocycles. The van der Waals surface area contributed by atoms with Crippen LogP contribution in [0.1, 0.15) is 116 Å². The molecule has 1 aromatic rings. The lowest BCUT2D eigenvalue weighted by Crippen LogP contribution is -2.18. The van der Waals surface area contributed by atoms with Crippen LogP contribution in [0.25, 0.3) is 0 Å². The number of rotatable bonds is 16. The Morgan fingerprint density at radius 2 is 1.25 bits per heavy atom. The van der Waals surface area contributed by atoms with Gasteiger partial charge in [-0.1, -0.05) is 109 Å². The zero-order valence-electron chi connectivity index (χ0n) is 16.1. The lowest BCUT2D eigenvalue weighted by atomic mass is 10.0. The maximum atomic E-state index is 12.0. The lowest BCUT2D eigenvalue weighted by molar-refractivity contribution is 0.407. The van der Waals surface area contributed by atoms with E-state index in [0.29, 0.717) is 6.04 Å². The van der Waals surface area contributed by atoms with Crippen LogP contribution in [0.15, 0.2) is 16.2 Å². The largest absolute Gasteiger partial charge is 0.268 e. The summed E-state index contributed by atoms with van der Waals surface area (Å²) in [6.45, 7) is 4.53. The number of hydrogen-bond donors (Lipinski definition) is 0. The van der Waals surface area contributed by atoms with Crippen LogP contribution in [0.5, 0.6) is 0 Å². The van der Waals surface area contributed by atoms with Crippen LogP contribution in [0.4, 0.5) is 0 Å². The van der Waals surface area contributed by atoms with Crippen LogP contribution in [0, 0.1) is 0 Å². The predicted octanol–water partition coefficient (Wildman–Crippen LogP) is 7.34. The molecule has 1 aromatic heterocycles. The monoisotopic (exact) mass is 353 g/mol. The van der Waals surface area contributed by atoms with Crippen molar-refractivity contribution in [2.75, 3.05) is 0 Å². The van der Waals surface area contributed by atoms with Crippen molar-refractivity contribution in [2.45, 2.75) is 116 Å². The van der Waals surface area contributed by atoms with Crippen LogP contribution >= 0.6 is 11.5 Å². The lowest BCUT2D eigenvalue weighted by Gasteiger charge is -2.17. The van der Waals surface area contributed by atoms with E-state index >= 15 is 0 Å². The second kappa shape index (κ2) is 14.7. The highest BCUT2D eigenvalue weighted by atomic mass is 32.1. The van der Waals surface area contributed by atoms with Crippen molar-refractivity contribution >= 4 is 11.5 Å². The van der Waals surface area contributed by atoms with E-state index in [1.54, 1.807) is 17.6 Å². The van der Waals surface area contributed by atoms with E-state index in [4.69, 9.17) is 0 Å². The third-order valence-corrected chi connectivity index (χ3v) is 5.93. The fourth-order valence-corrected chi connectivity index (χ4v) is 4.28. The van der Waals surface area contributed by atoms with Gasteiger partial charge in [-0.2, -0.15) is 0 Å². The molecule has 1 unspecified atom stereocenters. The van der Waals surface area contributed by atoms with Crippen molar-refractivity contribution in [3.63, 3.8) is 0 Å². The SMILES string of the molecule is CCCCCCCCCC(CCCCCCCC)n1sccc1=O. The molecule has 0 saturated carbocycles. The fourth-order valence-electron chi connectivity index (χ4n) is 3.42. The van der Waals surface area contributed by atoms with Crippen molar-refractivity contribution in [3.05, 3.63) is 21.8 Å². The summed E-state index contributed by atoms with van der Waals surface area (Å²) in [6.07, 6.45) is 19.8. The Labute approximate surface area is 153 Å². The first-order valence-corrected chi connectivity index (χ1v) is 11.3.